The smallest absolute Gasteiger partial charge is 0.321 e. The van der Waals surface area contributed by atoms with Gasteiger partial charge in [-0.05, 0) is 43.2 Å². The van der Waals surface area contributed by atoms with Crippen LogP contribution in [0.1, 0.15) is 23.4 Å². The van der Waals surface area contributed by atoms with Crippen LogP contribution in [-0.4, -0.2) is 29.9 Å². The highest BCUT2D eigenvalue weighted by Gasteiger charge is 2.17. The number of urea groups is 1. The molecule has 0 atom stereocenters. The number of anilines is 2. The molecule has 1 aliphatic rings. The summed E-state index contributed by atoms with van der Waals surface area (Å²) in [5, 5.41) is 5.57. The second kappa shape index (κ2) is 6.34. The van der Waals surface area contributed by atoms with Gasteiger partial charge in [0, 0.05) is 24.5 Å². The molecule has 22 heavy (non-hydrogen) atoms. The van der Waals surface area contributed by atoms with Crippen LogP contribution in [0, 0.1) is 0 Å². The van der Waals surface area contributed by atoms with Gasteiger partial charge in [-0.1, -0.05) is 6.07 Å². The van der Waals surface area contributed by atoms with Crippen molar-refractivity contribution in [1.29, 1.82) is 0 Å². The van der Waals surface area contributed by atoms with Crippen molar-refractivity contribution in [3.05, 3.63) is 48.4 Å². The zero-order valence-electron chi connectivity index (χ0n) is 12.0. The average molecular weight is 299 g/mol. The molecule has 0 saturated carbocycles. The Morgan fingerprint density at radius 2 is 1.73 bits per heavy atom. The van der Waals surface area contributed by atoms with Gasteiger partial charge in [-0.3, -0.25) is 4.79 Å². The first-order valence-electron chi connectivity index (χ1n) is 7.23. The average Bonchev–Trinajstić information content (AvgIpc) is 3.21. The molecule has 1 aromatic heterocycles. The van der Waals surface area contributed by atoms with Crippen molar-refractivity contribution in [2.45, 2.75) is 12.8 Å². The summed E-state index contributed by atoms with van der Waals surface area (Å²) < 4.78 is 5.04. The van der Waals surface area contributed by atoms with E-state index in [2.05, 4.69) is 10.6 Å². The molecule has 0 radical (unpaired) electrons. The SMILES string of the molecule is O=C(Nc1cccc(NC(=O)N2CCCC2)c1)c1ccco1. The lowest BCUT2D eigenvalue weighted by atomic mass is 10.2. The van der Waals surface area contributed by atoms with E-state index in [4.69, 9.17) is 4.42 Å². The van der Waals surface area contributed by atoms with Crippen LogP contribution in [0.3, 0.4) is 0 Å². The first kappa shape index (κ1) is 14.2. The fraction of sp³-hybridized carbons (Fsp3) is 0.250. The molecular formula is C16H17N3O3. The fourth-order valence-electron chi connectivity index (χ4n) is 2.40. The maximum absolute atomic E-state index is 12.0. The van der Waals surface area contributed by atoms with Gasteiger partial charge < -0.3 is 20.0 Å². The van der Waals surface area contributed by atoms with Crippen molar-refractivity contribution < 1.29 is 14.0 Å². The van der Waals surface area contributed by atoms with Gasteiger partial charge in [0.05, 0.1) is 6.26 Å². The Hall–Kier alpha value is -2.76. The summed E-state index contributed by atoms with van der Waals surface area (Å²) in [6, 6.07) is 10.2. The lowest BCUT2D eigenvalue weighted by Crippen LogP contribution is -2.32. The van der Waals surface area contributed by atoms with Gasteiger partial charge in [-0.2, -0.15) is 0 Å². The summed E-state index contributed by atoms with van der Waals surface area (Å²) in [6.07, 6.45) is 3.54. The van der Waals surface area contributed by atoms with E-state index in [1.165, 1.54) is 6.26 Å². The predicted octanol–water partition coefficient (Wildman–Crippen LogP) is 3.16. The highest BCUT2D eigenvalue weighted by molar-refractivity contribution is 6.02. The maximum Gasteiger partial charge on any atom is 0.321 e. The Kier molecular flexibility index (Phi) is 4.09. The lowest BCUT2D eigenvalue weighted by Gasteiger charge is -2.16. The van der Waals surface area contributed by atoms with E-state index in [1.54, 1.807) is 41.3 Å². The van der Waals surface area contributed by atoms with Crippen molar-refractivity contribution in [2.75, 3.05) is 23.7 Å². The minimum Gasteiger partial charge on any atom is -0.459 e. The molecule has 6 nitrogen and oxygen atoms in total. The van der Waals surface area contributed by atoms with Crippen LogP contribution < -0.4 is 10.6 Å². The Labute approximate surface area is 128 Å². The molecule has 0 spiro atoms. The number of carbonyl (C=O) groups excluding carboxylic acids is 2. The van der Waals surface area contributed by atoms with Gasteiger partial charge >= 0.3 is 6.03 Å². The van der Waals surface area contributed by atoms with Crippen molar-refractivity contribution in [3.8, 4) is 0 Å². The second-order valence-corrected chi connectivity index (χ2v) is 5.14. The quantitative estimate of drug-likeness (QED) is 0.914. The van der Waals surface area contributed by atoms with Crippen LogP contribution in [0.4, 0.5) is 16.2 Å². The standard InChI is InChI=1S/C16H17N3O3/c20-15(14-7-4-10-22-14)17-12-5-3-6-13(11-12)18-16(21)19-8-1-2-9-19/h3-7,10-11H,1-2,8-9H2,(H,17,20)(H,18,21). The molecule has 2 N–H and O–H groups in total. The third kappa shape index (κ3) is 3.28. The van der Waals surface area contributed by atoms with Crippen LogP contribution in [0.25, 0.3) is 0 Å². The Morgan fingerprint density at radius 3 is 2.41 bits per heavy atom. The number of hydrogen-bond acceptors (Lipinski definition) is 3. The van der Waals surface area contributed by atoms with E-state index < -0.39 is 0 Å². The lowest BCUT2D eigenvalue weighted by molar-refractivity contribution is 0.0996. The topological polar surface area (TPSA) is 74.6 Å². The van der Waals surface area contributed by atoms with E-state index in [1.807, 2.05) is 0 Å². The highest BCUT2D eigenvalue weighted by Crippen LogP contribution is 2.18. The van der Waals surface area contributed by atoms with Crippen molar-refractivity contribution in [2.24, 2.45) is 0 Å². The Bertz CT molecular complexity index is 661. The molecule has 3 amide bonds. The second-order valence-electron chi connectivity index (χ2n) is 5.14. The number of rotatable bonds is 3. The summed E-state index contributed by atoms with van der Waals surface area (Å²) in [5.41, 5.74) is 1.25. The fourth-order valence-corrected chi connectivity index (χ4v) is 2.40. The summed E-state index contributed by atoms with van der Waals surface area (Å²) in [5.74, 6) is -0.0838. The van der Waals surface area contributed by atoms with Crippen molar-refractivity contribution >= 4 is 23.3 Å². The monoisotopic (exact) mass is 299 g/mol. The normalized spacial score (nSPS) is 13.9. The molecule has 2 heterocycles. The van der Waals surface area contributed by atoms with Gasteiger partial charge in [0.25, 0.3) is 5.91 Å². The third-order valence-corrected chi connectivity index (χ3v) is 3.51. The van der Waals surface area contributed by atoms with Crippen LogP contribution >= 0.6 is 0 Å². The predicted molar refractivity (Wildman–Crippen MR) is 82.9 cm³/mol. The van der Waals surface area contributed by atoms with E-state index in [-0.39, 0.29) is 17.7 Å². The summed E-state index contributed by atoms with van der Waals surface area (Å²) in [7, 11) is 0. The maximum atomic E-state index is 12.0. The van der Waals surface area contributed by atoms with E-state index in [0.29, 0.717) is 11.4 Å². The number of amides is 3. The first-order chi connectivity index (χ1) is 10.7. The molecule has 3 rings (SSSR count). The van der Waals surface area contributed by atoms with Gasteiger partial charge in [0.1, 0.15) is 0 Å². The minimum atomic E-state index is -0.326. The summed E-state index contributed by atoms with van der Waals surface area (Å²) in [6.45, 7) is 1.58. The van der Waals surface area contributed by atoms with E-state index in [9.17, 15) is 9.59 Å². The zero-order chi connectivity index (χ0) is 15.4. The van der Waals surface area contributed by atoms with Gasteiger partial charge in [-0.25, -0.2) is 4.79 Å². The molecular weight excluding hydrogens is 282 g/mol. The zero-order valence-corrected chi connectivity index (χ0v) is 12.0. The highest BCUT2D eigenvalue weighted by atomic mass is 16.3. The van der Waals surface area contributed by atoms with E-state index in [0.717, 1.165) is 25.9 Å². The molecule has 0 unspecified atom stereocenters. The molecule has 1 fully saturated rings. The Morgan fingerprint density at radius 1 is 1.00 bits per heavy atom. The number of likely N-dealkylation sites (tertiary alicyclic amines) is 1. The largest absolute Gasteiger partial charge is 0.459 e. The molecule has 1 saturated heterocycles. The summed E-state index contributed by atoms with van der Waals surface area (Å²) >= 11 is 0. The molecule has 1 aromatic carbocycles. The number of hydrogen-bond donors (Lipinski definition) is 2. The molecule has 6 heteroatoms. The molecule has 2 aromatic rings. The third-order valence-electron chi connectivity index (χ3n) is 3.51. The molecule has 1 aliphatic heterocycles. The Balaban J connectivity index is 1.64. The first-order valence-corrected chi connectivity index (χ1v) is 7.23. The van der Waals surface area contributed by atoms with Crippen molar-refractivity contribution in [3.63, 3.8) is 0 Å². The van der Waals surface area contributed by atoms with Crippen LogP contribution in [-0.2, 0) is 0 Å². The van der Waals surface area contributed by atoms with Crippen LogP contribution in [0.15, 0.2) is 47.1 Å². The van der Waals surface area contributed by atoms with E-state index >= 15 is 0 Å². The molecule has 114 valence electrons. The van der Waals surface area contributed by atoms with Crippen molar-refractivity contribution in [1.82, 2.24) is 4.90 Å². The number of nitrogens with one attached hydrogen (secondary N) is 2. The van der Waals surface area contributed by atoms with Gasteiger partial charge in [0.2, 0.25) is 0 Å². The molecule has 0 bridgehead atoms. The number of nitrogens with zero attached hydrogens (tertiary/aromatic N) is 1. The number of carbonyl (C=O) groups is 2. The number of benzene rings is 1. The summed E-state index contributed by atoms with van der Waals surface area (Å²) in [4.78, 5) is 25.8. The van der Waals surface area contributed by atoms with Crippen LogP contribution in [0.5, 0.6) is 0 Å². The number of furan rings is 1. The van der Waals surface area contributed by atoms with Gasteiger partial charge in [-0.15, -0.1) is 0 Å². The van der Waals surface area contributed by atoms with Gasteiger partial charge in [0.15, 0.2) is 5.76 Å². The minimum absolute atomic E-state index is 0.105. The van der Waals surface area contributed by atoms with Crippen LogP contribution in [0.2, 0.25) is 0 Å². The molecule has 0 aliphatic carbocycles.